The van der Waals surface area contributed by atoms with Crippen molar-refractivity contribution in [2.75, 3.05) is 23.7 Å². The Kier molecular flexibility index (Phi) is 4.66. The van der Waals surface area contributed by atoms with E-state index in [2.05, 4.69) is 25.4 Å². The topological polar surface area (TPSA) is 97.0 Å². The second-order valence-corrected chi connectivity index (χ2v) is 7.54. The van der Waals surface area contributed by atoms with Crippen molar-refractivity contribution in [1.29, 1.82) is 0 Å². The van der Waals surface area contributed by atoms with Gasteiger partial charge in [0.1, 0.15) is 10.8 Å². The van der Waals surface area contributed by atoms with E-state index in [-0.39, 0.29) is 11.8 Å². The summed E-state index contributed by atoms with van der Waals surface area (Å²) in [6, 6.07) is 5.84. The summed E-state index contributed by atoms with van der Waals surface area (Å²) in [5, 5.41) is 12.1. The van der Waals surface area contributed by atoms with Gasteiger partial charge in [-0.1, -0.05) is 17.4 Å². The highest BCUT2D eigenvalue weighted by molar-refractivity contribution is 7.15. The number of aromatic nitrogens is 3. The van der Waals surface area contributed by atoms with Gasteiger partial charge < -0.3 is 16.0 Å². The van der Waals surface area contributed by atoms with Crippen LogP contribution in [0.1, 0.15) is 31.7 Å². The standard InChI is InChI=1S/C16H22N6OS/c1-16(2,14-20-21-15(17)24-14)19-13(23)11-6-5-9-22(10-11)12-7-3-4-8-18-12/h3-4,7-8,11H,5-6,9-10H2,1-2H3,(H2,17,21)(H,19,23). The quantitative estimate of drug-likeness (QED) is 0.876. The number of hydrogen-bond donors (Lipinski definition) is 2. The fraction of sp³-hybridized carbons (Fsp3) is 0.500. The average Bonchev–Trinajstić information content (AvgIpc) is 3.03. The minimum Gasteiger partial charge on any atom is -0.374 e. The molecule has 1 aliphatic rings. The van der Waals surface area contributed by atoms with Gasteiger partial charge in [0.15, 0.2) is 0 Å². The van der Waals surface area contributed by atoms with Crippen molar-refractivity contribution in [3.8, 4) is 0 Å². The van der Waals surface area contributed by atoms with Crippen molar-refractivity contribution in [2.45, 2.75) is 32.2 Å². The van der Waals surface area contributed by atoms with E-state index in [9.17, 15) is 4.79 Å². The number of pyridine rings is 1. The number of nitrogen functional groups attached to an aromatic ring is 1. The number of nitrogens with two attached hydrogens (primary N) is 1. The van der Waals surface area contributed by atoms with Crippen LogP contribution in [0.15, 0.2) is 24.4 Å². The number of anilines is 2. The summed E-state index contributed by atoms with van der Waals surface area (Å²) in [7, 11) is 0. The zero-order valence-corrected chi connectivity index (χ0v) is 14.7. The van der Waals surface area contributed by atoms with Crippen molar-refractivity contribution in [3.63, 3.8) is 0 Å². The number of amides is 1. The molecule has 1 saturated heterocycles. The molecule has 1 fully saturated rings. The van der Waals surface area contributed by atoms with Crippen molar-refractivity contribution in [3.05, 3.63) is 29.4 Å². The Balaban J connectivity index is 1.66. The lowest BCUT2D eigenvalue weighted by Gasteiger charge is -2.34. The Morgan fingerprint density at radius 1 is 1.42 bits per heavy atom. The summed E-state index contributed by atoms with van der Waals surface area (Å²) in [4.78, 5) is 19.3. The summed E-state index contributed by atoms with van der Waals surface area (Å²) in [6.45, 7) is 5.45. The van der Waals surface area contributed by atoms with Crippen LogP contribution in [0.4, 0.5) is 10.9 Å². The predicted molar refractivity (Wildman–Crippen MR) is 94.7 cm³/mol. The fourth-order valence-electron chi connectivity index (χ4n) is 2.89. The van der Waals surface area contributed by atoms with Crippen LogP contribution in [0.5, 0.6) is 0 Å². The van der Waals surface area contributed by atoms with Crippen LogP contribution in [-0.4, -0.2) is 34.2 Å². The molecule has 2 aromatic rings. The first-order chi connectivity index (χ1) is 11.5. The average molecular weight is 346 g/mol. The van der Waals surface area contributed by atoms with Crippen LogP contribution in [0, 0.1) is 5.92 Å². The Hall–Kier alpha value is -2.22. The molecule has 1 aliphatic heterocycles. The van der Waals surface area contributed by atoms with Crippen molar-refractivity contribution in [2.24, 2.45) is 5.92 Å². The lowest BCUT2D eigenvalue weighted by molar-refractivity contribution is -0.127. The Labute approximate surface area is 145 Å². The summed E-state index contributed by atoms with van der Waals surface area (Å²) in [5.74, 6) is 0.894. The molecule has 0 bridgehead atoms. The monoisotopic (exact) mass is 346 g/mol. The van der Waals surface area contributed by atoms with E-state index in [1.807, 2.05) is 32.0 Å². The summed E-state index contributed by atoms with van der Waals surface area (Å²) < 4.78 is 0. The largest absolute Gasteiger partial charge is 0.374 e. The first-order valence-corrected chi connectivity index (χ1v) is 8.85. The molecular formula is C16H22N6OS. The van der Waals surface area contributed by atoms with Crippen LogP contribution >= 0.6 is 11.3 Å². The third-order valence-electron chi connectivity index (χ3n) is 4.18. The Bertz CT molecular complexity index is 702. The molecule has 8 heteroatoms. The zero-order chi connectivity index (χ0) is 17.2. The maximum Gasteiger partial charge on any atom is 0.225 e. The van der Waals surface area contributed by atoms with Gasteiger partial charge in [0.2, 0.25) is 11.0 Å². The summed E-state index contributed by atoms with van der Waals surface area (Å²) in [6.07, 6.45) is 3.63. The normalized spacial score (nSPS) is 18.4. The molecule has 7 nitrogen and oxygen atoms in total. The molecule has 3 N–H and O–H groups in total. The number of nitrogens with one attached hydrogen (secondary N) is 1. The van der Waals surface area contributed by atoms with Gasteiger partial charge in [0, 0.05) is 19.3 Å². The molecule has 1 unspecified atom stereocenters. The van der Waals surface area contributed by atoms with E-state index in [0.29, 0.717) is 16.7 Å². The Morgan fingerprint density at radius 2 is 2.25 bits per heavy atom. The number of hydrogen-bond acceptors (Lipinski definition) is 7. The Morgan fingerprint density at radius 3 is 2.92 bits per heavy atom. The predicted octanol–water partition coefficient (Wildman–Crippen LogP) is 1.78. The van der Waals surface area contributed by atoms with Gasteiger partial charge in [-0.2, -0.15) is 0 Å². The van der Waals surface area contributed by atoms with Crippen LogP contribution in [0.3, 0.4) is 0 Å². The molecule has 3 heterocycles. The lowest BCUT2D eigenvalue weighted by atomic mass is 9.95. The van der Waals surface area contributed by atoms with Gasteiger partial charge >= 0.3 is 0 Å². The number of piperidine rings is 1. The number of carbonyl (C=O) groups excluding carboxylic acids is 1. The fourth-order valence-corrected chi connectivity index (χ4v) is 3.56. The maximum absolute atomic E-state index is 12.7. The van der Waals surface area contributed by atoms with E-state index < -0.39 is 5.54 Å². The molecular weight excluding hydrogens is 324 g/mol. The number of carbonyl (C=O) groups is 1. The highest BCUT2D eigenvalue weighted by Crippen LogP contribution is 2.27. The van der Waals surface area contributed by atoms with Crippen LogP contribution in [0.2, 0.25) is 0 Å². The van der Waals surface area contributed by atoms with Crippen LogP contribution in [-0.2, 0) is 10.3 Å². The maximum atomic E-state index is 12.7. The van der Waals surface area contributed by atoms with Crippen LogP contribution in [0.25, 0.3) is 0 Å². The highest BCUT2D eigenvalue weighted by atomic mass is 32.1. The van der Waals surface area contributed by atoms with Gasteiger partial charge in [-0.15, -0.1) is 10.2 Å². The first kappa shape index (κ1) is 16.6. The second-order valence-electron chi connectivity index (χ2n) is 6.53. The van der Waals surface area contributed by atoms with Crippen molar-refractivity contribution >= 4 is 28.2 Å². The van der Waals surface area contributed by atoms with E-state index in [1.54, 1.807) is 6.20 Å². The molecule has 1 amide bonds. The lowest BCUT2D eigenvalue weighted by Crippen LogP contribution is -2.48. The van der Waals surface area contributed by atoms with Crippen LogP contribution < -0.4 is 16.0 Å². The minimum absolute atomic E-state index is 0.0365. The van der Waals surface area contributed by atoms with Gasteiger partial charge in [-0.25, -0.2) is 4.98 Å². The van der Waals surface area contributed by atoms with Gasteiger partial charge in [0.05, 0.1) is 11.5 Å². The SMILES string of the molecule is CC(C)(NC(=O)C1CCCN(c2ccccn2)C1)c1nnc(N)s1. The summed E-state index contributed by atoms with van der Waals surface area (Å²) in [5.41, 5.74) is 5.07. The van der Waals surface area contributed by atoms with E-state index in [0.717, 1.165) is 25.2 Å². The summed E-state index contributed by atoms with van der Waals surface area (Å²) >= 11 is 1.30. The molecule has 3 rings (SSSR count). The molecule has 0 radical (unpaired) electrons. The smallest absolute Gasteiger partial charge is 0.225 e. The van der Waals surface area contributed by atoms with Gasteiger partial charge in [-0.05, 0) is 38.8 Å². The van der Waals surface area contributed by atoms with Crippen molar-refractivity contribution in [1.82, 2.24) is 20.5 Å². The van der Waals surface area contributed by atoms with Gasteiger partial charge in [-0.3, -0.25) is 4.79 Å². The van der Waals surface area contributed by atoms with E-state index in [4.69, 9.17) is 5.73 Å². The highest BCUT2D eigenvalue weighted by Gasteiger charge is 2.32. The van der Waals surface area contributed by atoms with E-state index >= 15 is 0 Å². The molecule has 0 saturated carbocycles. The molecule has 0 spiro atoms. The third-order valence-corrected chi connectivity index (χ3v) is 5.25. The molecule has 1 atom stereocenters. The zero-order valence-electron chi connectivity index (χ0n) is 13.9. The third kappa shape index (κ3) is 3.64. The molecule has 128 valence electrons. The second kappa shape index (κ2) is 6.72. The molecule has 24 heavy (non-hydrogen) atoms. The first-order valence-electron chi connectivity index (χ1n) is 8.03. The van der Waals surface area contributed by atoms with Crippen molar-refractivity contribution < 1.29 is 4.79 Å². The molecule has 2 aromatic heterocycles. The molecule has 0 aromatic carbocycles. The van der Waals surface area contributed by atoms with E-state index in [1.165, 1.54) is 11.3 Å². The minimum atomic E-state index is -0.584. The molecule has 0 aliphatic carbocycles. The number of rotatable bonds is 4. The van der Waals surface area contributed by atoms with Gasteiger partial charge in [0.25, 0.3) is 0 Å². The number of nitrogens with zero attached hydrogens (tertiary/aromatic N) is 4.